The third kappa shape index (κ3) is 4.18. The van der Waals surface area contributed by atoms with Crippen LogP contribution in [0, 0.1) is 19.3 Å². The molecule has 3 heterocycles. The molecule has 30 heavy (non-hydrogen) atoms. The number of likely N-dealkylation sites (tertiary alicyclic amines) is 1. The van der Waals surface area contributed by atoms with Crippen molar-refractivity contribution in [1.29, 1.82) is 5.41 Å². The lowest BCUT2D eigenvalue weighted by Gasteiger charge is -2.31. The fourth-order valence-corrected chi connectivity index (χ4v) is 3.93. The predicted octanol–water partition coefficient (Wildman–Crippen LogP) is 3.52. The molecular formula is C22H26F2N6. The summed E-state index contributed by atoms with van der Waals surface area (Å²) in [7, 11) is 0. The average Bonchev–Trinajstić information content (AvgIpc) is 3.11. The third-order valence-corrected chi connectivity index (χ3v) is 5.61. The Morgan fingerprint density at radius 2 is 2.03 bits per heavy atom. The monoisotopic (exact) mass is 412 g/mol. The van der Waals surface area contributed by atoms with E-state index in [4.69, 9.17) is 5.41 Å². The molecule has 0 aromatic carbocycles. The Kier molecular flexibility index (Phi) is 5.76. The van der Waals surface area contributed by atoms with Gasteiger partial charge in [-0.3, -0.25) is 5.41 Å². The van der Waals surface area contributed by atoms with Crippen LogP contribution in [0.1, 0.15) is 29.8 Å². The summed E-state index contributed by atoms with van der Waals surface area (Å²) in [4.78, 5) is 6.56. The average molecular weight is 412 g/mol. The minimum absolute atomic E-state index is 0.141. The zero-order chi connectivity index (χ0) is 21.3. The molecule has 0 spiro atoms. The van der Waals surface area contributed by atoms with Crippen LogP contribution >= 0.6 is 0 Å². The highest BCUT2D eigenvalue weighted by molar-refractivity contribution is 6.15. The van der Waals surface area contributed by atoms with Crippen molar-refractivity contribution < 1.29 is 8.78 Å². The number of allylic oxidation sites excluding steroid dienone is 5. The number of hydrogen-bond acceptors (Lipinski definition) is 5. The molecule has 0 radical (unpaired) electrons. The number of aryl methyl sites for hydroxylation is 2. The minimum Gasteiger partial charge on any atom is -0.388 e. The van der Waals surface area contributed by atoms with Gasteiger partial charge in [-0.2, -0.15) is 5.10 Å². The number of fused-ring (bicyclic) bond motifs is 1. The van der Waals surface area contributed by atoms with Gasteiger partial charge in [0.05, 0.1) is 23.3 Å². The van der Waals surface area contributed by atoms with Gasteiger partial charge in [0.15, 0.2) is 5.65 Å². The highest BCUT2D eigenvalue weighted by atomic mass is 19.1. The molecule has 0 saturated carbocycles. The molecule has 8 heteroatoms. The van der Waals surface area contributed by atoms with Gasteiger partial charge < -0.3 is 10.2 Å². The third-order valence-electron chi connectivity index (χ3n) is 5.61. The lowest BCUT2D eigenvalue weighted by molar-refractivity contribution is 0.190. The van der Waals surface area contributed by atoms with E-state index >= 15 is 0 Å². The van der Waals surface area contributed by atoms with E-state index in [1.807, 2.05) is 26.1 Å². The van der Waals surface area contributed by atoms with Gasteiger partial charge in [0.25, 0.3) is 0 Å². The standard InChI is InChI=1S/C22H26F2N6/c1-14-9-20(28-30-13-15(2)27-22(14)30)16-10-17(21(25)19(24)11-16)12-26-18-3-6-29(7-4-18)8-5-23/h9-13,18,25-26H,3-8H2,1-2H3/b17-12-,25-21?. The summed E-state index contributed by atoms with van der Waals surface area (Å²) < 4.78 is 28.7. The molecule has 1 aliphatic heterocycles. The molecule has 2 aromatic heterocycles. The second kappa shape index (κ2) is 8.47. The van der Waals surface area contributed by atoms with Crippen LogP contribution < -0.4 is 5.32 Å². The van der Waals surface area contributed by atoms with E-state index in [1.165, 1.54) is 6.08 Å². The molecule has 0 atom stereocenters. The van der Waals surface area contributed by atoms with E-state index in [0.29, 0.717) is 23.4 Å². The first-order valence-electron chi connectivity index (χ1n) is 10.2. The number of nitrogens with zero attached hydrogens (tertiary/aromatic N) is 4. The summed E-state index contributed by atoms with van der Waals surface area (Å²) in [6.45, 7) is 5.69. The lowest BCUT2D eigenvalue weighted by Crippen LogP contribution is -2.41. The van der Waals surface area contributed by atoms with Crippen molar-refractivity contribution in [2.24, 2.45) is 0 Å². The first-order valence-corrected chi connectivity index (χ1v) is 10.2. The number of nitrogens with one attached hydrogen (secondary N) is 2. The number of halogens is 2. The molecule has 0 unspecified atom stereocenters. The van der Waals surface area contributed by atoms with E-state index in [1.54, 1.807) is 16.8 Å². The minimum atomic E-state index is -0.584. The Balaban J connectivity index is 1.55. The van der Waals surface area contributed by atoms with Gasteiger partial charge in [-0.05, 0) is 50.5 Å². The number of alkyl halides is 1. The zero-order valence-corrected chi connectivity index (χ0v) is 17.3. The Labute approximate surface area is 174 Å². The lowest BCUT2D eigenvalue weighted by atomic mass is 9.97. The Morgan fingerprint density at radius 3 is 2.77 bits per heavy atom. The summed E-state index contributed by atoms with van der Waals surface area (Å²) in [5.74, 6) is -0.584. The molecule has 6 nitrogen and oxygen atoms in total. The number of hydrogen-bond donors (Lipinski definition) is 2. The molecule has 1 saturated heterocycles. The molecule has 158 valence electrons. The Morgan fingerprint density at radius 1 is 1.27 bits per heavy atom. The Bertz CT molecular complexity index is 1060. The second-order valence-electron chi connectivity index (χ2n) is 7.90. The van der Waals surface area contributed by atoms with Crippen molar-refractivity contribution in [2.45, 2.75) is 32.7 Å². The highest BCUT2D eigenvalue weighted by Crippen LogP contribution is 2.27. The fraction of sp³-hybridized carbons (Fsp3) is 0.409. The normalized spacial score (nSPS) is 20.0. The number of rotatable bonds is 5. The van der Waals surface area contributed by atoms with Gasteiger partial charge in [0.2, 0.25) is 0 Å². The fourth-order valence-electron chi connectivity index (χ4n) is 3.93. The van der Waals surface area contributed by atoms with Crippen LogP contribution in [-0.2, 0) is 0 Å². The highest BCUT2D eigenvalue weighted by Gasteiger charge is 2.21. The zero-order valence-electron chi connectivity index (χ0n) is 17.3. The van der Waals surface area contributed by atoms with Crippen LogP contribution in [0.3, 0.4) is 0 Å². The first kappa shape index (κ1) is 20.4. The van der Waals surface area contributed by atoms with Gasteiger partial charge in [-0.25, -0.2) is 18.3 Å². The molecule has 4 rings (SSSR count). The summed E-state index contributed by atoms with van der Waals surface area (Å²) in [6.07, 6.45) is 8.48. The van der Waals surface area contributed by atoms with Gasteiger partial charge in [0, 0.05) is 43.0 Å². The number of aromatic nitrogens is 3. The summed E-state index contributed by atoms with van der Waals surface area (Å²) in [5, 5.41) is 16.0. The summed E-state index contributed by atoms with van der Waals surface area (Å²) in [5.41, 5.74) is 4.19. The smallest absolute Gasteiger partial charge is 0.156 e. The summed E-state index contributed by atoms with van der Waals surface area (Å²) in [6, 6.07) is 2.12. The molecule has 0 bridgehead atoms. The molecule has 2 N–H and O–H groups in total. The van der Waals surface area contributed by atoms with Crippen LogP contribution in [0.25, 0.3) is 11.2 Å². The van der Waals surface area contributed by atoms with E-state index in [9.17, 15) is 8.78 Å². The van der Waals surface area contributed by atoms with Crippen LogP contribution in [0.5, 0.6) is 0 Å². The molecule has 1 fully saturated rings. The molecule has 2 aromatic rings. The van der Waals surface area contributed by atoms with Gasteiger partial charge in [0.1, 0.15) is 12.5 Å². The molecule has 0 amide bonds. The van der Waals surface area contributed by atoms with E-state index in [-0.39, 0.29) is 18.4 Å². The largest absolute Gasteiger partial charge is 0.388 e. The van der Waals surface area contributed by atoms with Crippen LogP contribution in [0.2, 0.25) is 0 Å². The maximum absolute atomic E-state index is 14.5. The van der Waals surface area contributed by atoms with Crippen molar-refractivity contribution >= 4 is 16.9 Å². The van der Waals surface area contributed by atoms with Crippen molar-refractivity contribution in [2.75, 3.05) is 26.3 Å². The quantitative estimate of drug-likeness (QED) is 0.788. The van der Waals surface area contributed by atoms with Crippen LogP contribution in [-0.4, -0.2) is 57.6 Å². The molecule has 2 aliphatic rings. The van der Waals surface area contributed by atoms with Crippen molar-refractivity contribution in [1.82, 2.24) is 24.8 Å². The van der Waals surface area contributed by atoms with E-state index in [0.717, 1.165) is 42.8 Å². The second-order valence-corrected chi connectivity index (χ2v) is 7.90. The first-order chi connectivity index (χ1) is 14.4. The van der Waals surface area contributed by atoms with E-state index < -0.39 is 5.83 Å². The topological polar surface area (TPSA) is 69.3 Å². The maximum Gasteiger partial charge on any atom is 0.156 e. The Hall–Kier alpha value is -2.87. The van der Waals surface area contributed by atoms with Crippen molar-refractivity contribution in [3.05, 3.63) is 59.0 Å². The van der Waals surface area contributed by atoms with Crippen LogP contribution in [0.4, 0.5) is 8.78 Å². The number of piperidine rings is 1. The summed E-state index contributed by atoms with van der Waals surface area (Å²) >= 11 is 0. The SMILES string of the molecule is Cc1cn2nc(C3=C/C(=C/NC4CCN(CCF)CC4)C(=N)C(F)=C3)cc(C)c2n1. The maximum atomic E-state index is 14.5. The molecular weight excluding hydrogens is 386 g/mol. The van der Waals surface area contributed by atoms with Gasteiger partial charge in [-0.1, -0.05) is 0 Å². The van der Waals surface area contributed by atoms with Crippen LogP contribution in [0.15, 0.2) is 42.0 Å². The van der Waals surface area contributed by atoms with Crippen molar-refractivity contribution in [3.63, 3.8) is 0 Å². The molecule has 1 aliphatic carbocycles. The van der Waals surface area contributed by atoms with Gasteiger partial charge >= 0.3 is 0 Å². The van der Waals surface area contributed by atoms with E-state index in [2.05, 4.69) is 20.3 Å². The number of imidazole rings is 1. The predicted molar refractivity (Wildman–Crippen MR) is 114 cm³/mol. The van der Waals surface area contributed by atoms with Gasteiger partial charge in [-0.15, -0.1) is 0 Å². The van der Waals surface area contributed by atoms with Crippen molar-refractivity contribution in [3.8, 4) is 0 Å².